The highest BCUT2D eigenvalue weighted by molar-refractivity contribution is 5.85. The third-order valence-electron chi connectivity index (χ3n) is 1.93. The number of piperidine rings is 1. The number of hydrogen-bond donors (Lipinski definition) is 2. The average Bonchev–Trinajstić information content (AvgIpc) is 2.06. The zero-order chi connectivity index (χ0) is 8.97. The predicted molar refractivity (Wildman–Crippen MR) is 49.6 cm³/mol. The molecule has 0 aromatic carbocycles. The van der Waals surface area contributed by atoms with Crippen LogP contribution in [0, 0.1) is 0 Å². The first kappa shape index (κ1) is 12.5. The number of rotatable bonds is 1. The van der Waals surface area contributed by atoms with E-state index in [1.807, 2.05) is 0 Å². The van der Waals surface area contributed by atoms with Crippen molar-refractivity contribution in [1.82, 2.24) is 4.90 Å². The molecular formula is C7H15ClN2O3. The van der Waals surface area contributed by atoms with Gasteiger partial charge >= 0.3 is 6.09 Å². The number of carbonyl (C=O) groups is 1. The second-order valence-corrected chi connectivity index (χ2v) is 2.80. The van der Waals surface area contributed by atoms with E-state index in [1.165, 1.54) is 0 Å². The summed E-state index contributed by atoms with van der Waals surface area (Å²) in [6, 6.07) is 0. The number of nitrogens with two attached hydrogens (primary N) is 1. The molecule has 3 N–H and O–H groups in total. The van der Waals surface area contributed by atoms with E-state index in [0.717, 1.165) is 0 Å². The Morgan fingerprint density at radius 2 is 2.08 bits per heavy atom. The molecule has 0 spiro atoms. The van der Waals surface area contributed by atoms with Crippen molar-refractivity contribution in [2.24, 2.45) is 5.73 Å². The highest BCUT2D eigenvalue weighted by Crippen LogP contribution is 2.10. The molecule has 6 heteroatoms. The SMILES string of the molecule is Cl.NCOC(=O)N1CCC(O)CC1. The number of aliphatic hydroxyl groups excluding tert-OH is 1. The van der Waals surface area contributed by atoms with Crippen LogP contribution in [-0.4, -0.2) is 42.0 Å². The third-order valence-corrected chi connectivity index (χ3v) is 1.93. The van der Waals surface area contributed by atoms with Crippen molar-refractivity contribution in [3.63, 3.8) is 0 Å². The summed E-state index contributed by atoms with van der Waals surface area (Å²) in [5.41, 5.74) is 5.04. The summed E-state index contributed by atoms with van der Waals surface area (Å²) in [7, 11) is 0. The van der Waals surface area contributed by atoms with E-state index in [-0.39, 0.29) is 31.3 Å². The Kier molecular flexibility index (Phi) is 5.77. The second kappa shape index (κ2) is 6.01. The largest absolute Gasteiger partial charge is 0.434 e. The molecule has 1 aliphatic rings. The molecule has 78 valence electrons. The summed E-state index contributed by atoms with van der Waals surface area (Å²) >= 11 is 0. The number of ether oxygens (including phenoxy) is 1. The molecule has 5 nitrogen and oxygen atoms in total. The van der Waals surface area contributed by atoms with Crippen LogP contribution in [0.25, 0.3) is 0 Å². The van der Waals surface area contributed by atoms with Gasteiger partial charge in [0.25, 0.3) is 0 Å². The highest BCUT2D eigenvalue weighted by atomic mass is 35.5. The lowest BCUT2D eigenvalue weighted by Crippen LogP contribution is -2.40. The van der Waals surface area contributed by atoms with Crippen molar-refractivity contribution in [2.45, 2.75) is 18.9 Å². The summed E-state index contributed by atoms with van der Waals surface area (Å²) in [6.07, 6.45) is 0.593. The average molecular weight is 211 g/mol. The Balaban J connectivity index is 0.00000144. The summed E-state index contributed by atoms with van der Waals surface area (Å²) in [6.45, 7) is 1.03. The van der Waals surface area contributed by atoms with Crippen molar-refractivity contribution in [1.29, 1.82) is 0 Å². The highest BCUT2D eigenvalue weighted by Gasteiger charge is 2.21. The van der Waals surface area contributed by atoms with Gasteiger partial charge in [0.1, 0.15) is 6.73 Å². The van der Waals surface area contributed by atoms with Crippen LogP contribution < -0.4 is 5.73 Å². The minimum atomic E-state index is -0.385. The Morgan fingerprint density at radius 1 is 1.54 bits per heavy atom. The van der Waals surface area contributed by atoms with Crippen molar-refractivity contribution in [3.8, 4) is 0 Å². The van der Waals surface area contributed by atoms with E-state index in [4.69, 9.17) is 10.8 Å². The molecule has 0 unspecified atom stereocenters. The molecule has 1 aliphatic heterocycles. The van der Waals surface area contributed by atoms with Gasteiger partial charge in [-0.15, -0.1) is 12.4 Å². The molecule has 1 saturated heterocycles. The maximum atomic E-state index is 11.0. The van der Waals surface area contributed by atoms with Crippen LogP contribution in [0.15, 0.2) is 0 Å². The quantitative estimate of drug-likeness (QED) is 0.594. The van der Waals surface area contributed by atoms with Gasteiger partial charge in [-0.3, -0.25) is 5.73 Å². The van der Waals surface area contributed by atoms with Crippen LogP contribution in [0.3, 0.4) is 0 Å². The van der Waals surface area contributed by atoms with Crippen LogP contribution in [0.2, 0.25) is 0 Å². The molecule has 0 atom stereocenters. The standard InChI is InChI=1S/C7H14N2O3.ClH/c8-5-12-7(11)9-3-1-6(10)2-4-9;/h6,10H,1-5,8H2;1H. The van der Waals surface area contributed by atoms with Gasteiger partial charge in [0, 0.05) is 13.1 Å². The lowest BCUT2D eigenvalue weighted by atomic mass is 10.1. The number of nitrogens with zero attached hydrogens (tertiary/aromatic N) is 1. The fourth-order valence-electron chi connectivity index (χ4n) is 1.21. The summed E-state index contributed by atoms with van der Waals surface area (Å²) in [5.74, 6) is 0. The van der Waals surface area contributed by atoms with Crippen LogP contribution in [0.4, 0.5) is 4.79 Å². The third kappa shape index (κ3) is 3.80. The normalized spacial score (nSPS) is 17.8. The molecule has 0 aromatic rings. The van der Waals surface area contributed by atoms with E-state index >= 15 is 0 Å². The molecule has 0 saturated carbocycles. The first-order chi connectivity index (χ1) is 5.74. The van der Waals surface area contributed by atoms with Crippen molar-refractivity contribution in [3.05, 3.63) is 0 Å². The van der Waals surface area contributed by atoms with Crippen molar-refractivity contribution < 1.29 is 14.6 Å². The van der Waals surface area contributed by atoms with Crippen LogP contribution in [0.5, 0.6) is 0 Å². The van der Waals surface area contributed by atoms with Gasteiger partial charge in [-0.05, 0) is 12.8 Å². The Labute approximate surface area is 83.2 Å². The second-order valence-electron chi connectivity index (χ2n) is 2.80. The van der Waals surface area contributed by atoms with E-state index in [1.54, 1.807) is 4.90 Å². The van der Waals surface area contributed by atoms with E-state index < -0.39 is 0 Å². The number of amides is 1. The molecule has 0 aromatic heterocycles. The molecule has 0 radical (unpaired) electrons. The van der Waals surface area contributed by atoms with Gasteiger partial charge in [-0.25, -0.2) is 4.79 Å². The van der Waals surface area contributed by atoms with E-state index in [2.05, 4.69) is 4.74 Å². The number of carbonyl (C=O) groups excluding carboxylic acids is 1. The number of aliphatic hydroxyl groups is 1. The maximum absolute atomic E-state index is 11.0. The molecule has 0 aliphatic carbocycles. The smallest absolute Gasteiger partial charge is 0.411 e. The molecule has 1 heterocycles. The molecule has 13 heavy (non-hydrogen) atoms. The topological polar surface area (TPSA) is 75.8 Å². The lowest BCUT2D eigenvalue weighted by Gasteiger charge is -2.28. The van der Waals surface area contributed by atoms with Gasteiger partial charge < -0.3 is 14.7 Å². The van der Waals surface area contributed by atoms with Gasteiger partial charge in [-0.1, -0.05) is 0 Å². The fourth-order valence-corrected chi connectivity index (χ4v) is 1.21. The Bertz CT molecular complexity index is 160. The van der Waals surface area contributed by atoms with Gasteiger partial charge in [-0.2, -0.15) is 0 Å². The van der Waals surface area contributed by atoms with Crippen LogP contribution in [0.1, 0.15) is 12.8 Å². The number of likely N-dealkylation sites (tertiary alicyclic amines) is 1. The molecular weight excluding hydrogens is 196 g/mol. The fraction of sp³-hybridized carbons (Fsp3) is 0.857. The van der Waals surface area contributed by atoms with E-state index in [0.29, 0.717) is 25.9 Å². The van der Waals surface area contributed by atoms with Gasteiger partial charge in [0.2, 0.25) is 0 Å². The molecule has 1 fully saturated rings. The summed E-state index contributed by atoms with van der Waals surface area (Å²) in [5, 5.41) is 9.14. The van der Waals surface area contributed by atoms with Crippen LogP contribution in [-0.2, 0) is 4.74 Å². The zero-order valence-corrected chi connectivity index (χ0v) is 8.13. The number of hydrogen-bond acceptors (Lipinski definition) is 4. The Hall–Kier alpha value is -0.520. The van der Waals surface area contributed by atoms with Crippen LogP contribution >= 0.6 is 12.4 Å². The molecule has 0 bridgehead atoms. The minimum absolute atomic E-state index is 0. The van der Waals surface area contributed by atoms with E-state index in [9.17, 15) is 4.79 Å². The molecule has 1 amide bonds. The first-order valence-electron chi connectivity index (χ1n) is 4.04. The molecule has 1 rings (SSSR count). The van der Waals surface area contributed by atoms with Crippen molar-refractivity contribution in [2.75, 3.05) is 19.8 Å². The minimum Gasteiger partial charge on any atom is -0.434 e. The monoisotopic (exact) mass is 210 g/mol. The summed E-state index contributed by atoms with van der Waals surface area (Å²) < 4.78 is 4.60. The number of halogens is 1. The summed E-state index contributed by atoms with van der Waals surface area (Å²) in [4.78, 5) is 12.6. The zero-order valence-electron chi connectivity index (χ0n) is 7.31. The van der Waals surface area contributed by atoms with Gasteiger partial charge in [0.05, 0.1) is 6.10 Å². The van der Waals surface area contributed by atoms with Gasteiger partial charge in [0.15, 0.2) is 0 Å². The Morgan fingerprint density at radius 3 is 2.54 bits per heavy atom. The van der Waals surface area contributed by atoms with Crippen molar-refractivity contribution >= 4 is 18.5 Å². The lowest BCUT2D eigenvalue weighted by molar-refractivity contribution is 0.0604. The predicted octanol–water partition coefficient (Wildman–Crippen LogP) is -0.0823. The first-order valence-corrected chi connectivity index (χ1v) is 4.04. The maximum Gasteiger partial charge on any atom is 0.411 e.